The standard InChI is InChI=1S/C24H23NO3S/c1-17-10-13-21(14-11-17)29(27,28)25-16-20(18(2)26)12-15-24(25)23-9-5-7-19-6-3-4-8-22(19)23/h3-14,24H,15-16H2,1-2H3. The minimum atomic E-state index is -3.77. The van der Waals surface area contributed by atoms with Crippen LogP contribution in [0.3, 0.4) is 0 Å². The zero-order valence-corrected chi connectivity index (χ0v) is 17.3. The third-order valence-corrected chi connectivity index (χ3v) is 7.39. The van der Waals surface area contributed by atoms with Gasteiger partial charge in [0.25, 0.3) is 0 Å². The van der Waals surface area contributed by atoms with Gasteiger partial charge in [0.2, 0.25) is 10.0 Å². The van der Waals surface area contributed by atoms with E-state index in [0.29, 0.717) is 12.0 Å². The lowest BCUT2D eigenvalue weighted by molar-refractivity contribution is -0.113. The molecule has 0 radical (unpaired) electrons. The van der Waals surface area contributed by atoms with E-state index in [4.69, 9.17) is 0 Å². The Balaban J connectivity index is 1.87. The number of aryl methyl sites for hydroxylation is 1. The highest BCUT2D eigenvalue weighted by atomic mass is 32.2. The molecule has 4 nitrogen and oxygen atoms in total. The number of hydrogen-bond acceptors (Lipinski definition) is 3. The highest BCUT2D eigenvalue weighted by Crippen LogP contribution is 2.38. The SMILES string of the molecule is CC(=O)C1=CCC(c2cccc3ccccc23)N(S(=O)(=O)c2ccc(C)cc2)C1. The van der Waals surface area contributed by atoms with Crippen LogP contribution in [0.4, 0.5) is 0 Å². The Morgan fingerprint density at radius 2 is 1.66 bits per heavy atom. The number of carbonyl (C=O) groups excluding carboxylic acids is 1. The molecule has 0 aromatic heterocycles. The summed E-state index contributed by atoms with van der Waals surface area (Å²) in [4.78, 5) is 12.3. The second-order valence-corrected chi connectivity index (χ2v) is 9.36. The molecule has 4 rings (SSSR count). The van der Waals surface area contributed by atoms with Gasteiger partial charge in [-0.2, -0.15) is 4.31 Å². The fourth-order valence-electron chi connectivity index (χ4n) is 3.89. The average Bonchev–Trinajstić information content (AvgIpc) is 2.73. The quantitative estimate of drug-likeness (QED) is 0.627. The minimum absolute atomic E-state index is 0.0828. The summed E-state index contributed by atoms with van der Waals surface area (Å²) in [5, 5.41) is 2.10. The van der Waals surface area contributed by atoms with Crippen LogP contribution in [0, 0.1) is 6.92 Å². The zero-order valence-electron chi connectivity index (χ0n) is 16.5. The van der Waals surface area contributed by atoms with Crippen molar-refractivity contribution in [3.63, 3.8) is 0 Å². The smallest absolute Gasteiger partial charge is 0.243 e. The Morgan fingerprint density at radius 1 is 0.966 bits per heavy atom. The van der Waals surface area contributed by atoms with E-state index in [1.807, 2.05) is 55.5 Å². The van der Waals surface area contributed by atoms with Gasteiger partial charge in [-0.3, -0.25) is 4.79 Å². The molecule has 148 valence electrons. The molecule has 29 heavy (non-hydrogen) atoms. The van der Waals surface area contributed by atoms with Crippen molar-refractivity contribution in [1.82, 2.24) is 4.31 Å². The number of hydrogen-bond donors (Lipinski definition) is 0. The van der Waals surface area contributed by atoms with Gasteiger partial charge in [0.05, 0.1) is 10.9 Å². The lowest BCUT2D eigenvalue weighted by Crippen LogP contribution is -2.39. The molecular formula is C24H23NO3S. The topological polar surface area (TPSA) is 54.5 Å². The molecule has 3 aromatic carbocycles. The van der Waals surface area contributed by atoms with Crippen LogP contribution >= 0.6 is 0 Å². The van der Waals surface area contributed by atoms with Crippen LogP contribution in [0.1, 0.15) is 30.5 Å². The van der Waals surface area contributed by atoms with Crippen molar-refractivity contribution in [2.75, 3.05) is 6.54 Å². The first-order chi connectivity index (χ1) is 13.9. The number of ketones is 1. The maximum absolute atomic E-state index is 13.6. The summed E-state index contributed by atoms with van der Waals surface area (Å²) in [6.07, 6.45) is 2.35. The van der Waals surface area contributed by atoms with E-state index in [1.165, 1.54) is 11.2 Å². The van der Waals surface area contributed by atoms with Gasteiger partial charge in [0, 0.05) is 12.1 Å². The van der Waals surface area contributed by atoms with Gasteiger partial charge < -0.3 is 0 Å². The van der Waals surface area contributed by atoms with E-state index in [0.717, 1.165) is 21.9 Å². The average molecular weight is 406 g/mol. The maximum atomic E-state index is 13.6. The van der Waals surface area contributed by atoms with Crippen LogP contribution < -0.4 is 0 Å². The summed E-state index contributed by atoms with van der Waals surface area (Å²) in [5.74, 6) is -0.0922. The number of Topliss-reactive ketones (excluding diaryl/α,β-unsaturated/α-hetero) is 1. The third-order valence-electron chi connectivity index (χ3n) is 5.52. The molecule has 1 atom stereocenters. The Hall–Kier alpha value is -2.76. The fraction of sp³-hybridized carbons (Fsp3) is 0.208. The molecule has 1 aliphatic rings. The highest BCUT2D eigenvalue weighted by molar-refractivity contribution is 7.89. The van der Waals surface area contributed by atoms with E-state index >= 15 is 0 Å². The second-order valence-electron chi connectivity index (χ2n) is 7.47. The van der Waals surface area contributed by atoms with Gasteiger partial charge in [-0.1, -0.05) is 66.2 Å². The molecule has 1 aliphatic heterocycles. The van der Waals surface area contributed by atoms with Crippen molar-refractivity contribution >= 4 is 26.6 Å². The molecule has 0 aliphatic carbocycles. The first-order valence-electron chi connectivity index (χ1n) is 9.64. The Labute approximate surface area is 171 Å². The van der Waals surface area contributed by atoms with Gasteiger partial charge in [0.1, 0.15) is 0 Å². The largest absolute Gasteiger partial charge is 0.295 e. The van der Waals surface area contributed by atoms with E-state index in [9.17, 15) is 13.2 Å². The van der Waals surface area contributed by atoms with Crippen molar-refractivity contribution < 1.29 is 13.2 Å². The summed E-state index contributed by atoms with van der Waals surface area (Å²) in [7, 11) is -3.77. The van der Waals surface area contributed by atoms with Crippen LogP contribution in [-0.2, 0) is 14.8 Å². The molecular weight excluding hydrogens is 382 g/mol. The molecule has 0 saturated carbocycles. The van der Waals surface area contributed by atoms with Crippen molar-refractivity contribution in [3.05, 3.63) is 89.5 Å². The molecule has 0 N–H and O–H groups in total. The summed E-state index contributed by atoms with van der Waals surface area (Å²) >= 11 is 0. The molecule has 0 bridgehead atoms. The Morgan fingerprint density at radius 3 is 2.38 bits per heavy atom. The lowest BCUT2D eigenvalue weighted by atomic mass is 9.93. The molecule has 1 unspecified atom stereocenters. The van der Waals surface area contributed by atoms with Crippen LogP contribution in [0.5, 0.6) is 0 Å². The van der Waals surface area contributed by atoms with Crippen LogP contribution in [0.15, 0.2) is 83.3 Å². The molecule has 0 amide bonds. The zero-order chi connectivity index (χ0) is 20.6. The molecule has 5 heteroatoms. The maximum Gasteiger partial charge on any atom is 0.243 e. The Kier molecular flexibility index (Phi) is 5.11. The predicted molar refractivity (Wildman–Crippen MR) is 115 cm³/mol. The van der Waals surface area contributed by atoms with Gasteiger partial charge in [0.15, 0.2) is 5.78 Å². The van der Waals surface area contributed by atoms with Gasteiger partial charge in [-0.25, -0.2) is 8.42 Å². The third kappa shape index (κ3) is 3.63. The number of carbonyl (C=O) groups is 1. The van der Waals surface area contributed by atoms with Crippen LogP contribution in [0.2, 0.25) is 0 Å². The second kappa shape index (κ2) is 7.58. The Bertz CT molecular complexity index is 1210. The normalized spacial score (nSPS) is 17.9. The summed E-state index contributed by atoms with van der Waals surface area (Å²) in [5.41, 5.74) is 2.49. The first-order valence-corrected chi connectivity index (χ1v) is 11.1. The predicted octanol–water partition coefficient (Wildman–Crippen LogP) is 4.80. The lowest BCUT2D eigenvalue weighted by Gasteiger charge is -2.35. The van der Waals surface area contributed by atoms with Gasteiger partial charge in [-0.15, -0.1) is 0 Å². The number of nitrogens with zero attached hydrogens (tertiary/aromatic N) is 1. The van der Waals surface area contributed by atoms with Gasteiger partial charge >= 0.3 is 0 Å². The van der Waals surface area contributed by atoms with Crippen molar-refractivity contribution in [2.24, 2.45) is 0 Å². The summed E-state index contributed by atoms with van der Waals surface area (Å²) in [6, 6.07) is 20.4. The van der Waals surface area contributed by atoms with Crippen LogP contribution in [-0.4, -0.2) is 25.1 Å². The molecule has 0 fully saturated rings. The number of fused-ring (bicyclic) bond motifs is 1. The summed E-state index contributed by atoms with van der Waals surface area (Å²) < 4.78 is 28.6. The van der Waals surface area contributed by atoms with Gasteiger partial charge in [-0.05, 0) is 48.7 Å². The number of benzene rings is 3. The number of sulfonamides is 1. The fourth-order valence-corrected chi connectivity index (χ4v) is 5.48. The van der Waals surface area contributed by atoms with Crippen molar-refractivity contribution in [2.45, 2.75) is 31.2 Å². The van der Waals surface area contributed by atoms with Crippen molar-refractivity contribution in [3.8, 4) is 0 Å². The number of rotatable bonds is 4. The molecule has 0 saturated heterocycles. The van der Waals surface area contributed by atoms with E-state index in [1.54, 1.807) is 24.3 Å². The summed E-state index contributed by atoms with van der Waals surface area (Å²) in [6.45, 7) is 3.49. The van der Waals surface area contributed by atoms with E-state index in [2.05, 4.69) is 0 Å². The van der Waals surface area contributed by atoms with E-state index < -0.39 is 10.0 Å². The van der Waals surface area contributed by atoms with Crippen LogP contribution in [0.25, 0.3) is 10.8 Å². The molecule has 0 spiro atoms. The molecule has 1 heterocycles. The monoisotopic (exact) mass is 405 g/mol. The van der Waals surface area contributed by atoms with Crippen molar-refractivity contribution in [1.29, 1.82) is 0 Å². The van der Waals surface area contributed by atoms with E-state index in [-0.39, 0.29) is 23.3 Å². The molecule has 3 aromatic rings. The first kappa shape index (κ1) is 19.6. The minimum Gasteiger partial charge on any atom is -0.295 e. The highest BCUT2D eigenvalue weighted by Gasteiger charge is 2.36.